The van der Waals surface area contributed by atoms with Gasteiger partial charge in [0.1, 0.15) is 17.8 Å². The van der Waals surface area contributed by atoms with Gasteiger partial charge in [0.05, 0.1) is 18.6 Å². The number of imidazole rings is 1. The van der Waals surface area contributed by atoms with Crippen LogP contribution in [0, 0.1) is 13.1 Å². The summed E-state index contributed by atoms with van der Waals surface area (Å²) < 4.78 is 13.3. The van der Waals surface area contributed by atoms with Crippen molar-refractivity contribution in [2.24, 2.45) is 0 Å². The van der Waals surface area contributed by atoms with Gasteiger partial charge in [-0.05, 0) is 13.1 Å². The standard InChI is InChI=1S/C12H13N4O3.Y/c1-6-13-3-7-10(15-6)16(5-14-7)11-9-12(2,19-9)8(4-17)18-11;/h5,8-9,11,17H,4H2,1-2H3;/q-1;/t8-,9?,11-,12+;/m1./s1. The zero-order valence-corrected chi connectivity index (χ0v) is 14.0. The molecule has 0 aromatic carbocycles. The number of aryl methyl sites for hydroxylation is 1. The van der Waals surface area contributed by atoms with Crippen molar-refractivity contribution >= 4 is 11.2 Å². The number of nitrogens with zero attached hydrogens (tertiary/aromatic N) is 4. The Morgan fingerprint density at radius 1 is 1.55 bits per heavy atom. The van der Waals surface area contributed by atoms with E-state index in [9.17, 15) is 5.11 Å². The Balaban J connectivity index is 0.00000121. The van der Waals surface area contributed by atoms with Crippen molar-refractivity contribution in [3.05, 3.63) is 18.3 Å². The number of fused-ring (bicyclic) bond motifs is 2. The van der Waals surface area contributed by atoms with Gasteiger partial charge in [-0.25, -0.2) is 0 Å². The Morgan fingerprint density at radius 2 is 2.35 bits per heavy atom. The van der Waals surface area contributed by atoms with Crippen LogP contribution < -0.4 is 0 Å². The number of aliphatic hydroxyl groups is 1. The van der Waals surface area contributed by atoms with Crippen LogP contribution in [-0.2, 0) is 42.2 Å². The van der Waals surface area contributed by atoms with Crippen molar-refractivity contribution in [2.75, 3.05) is 6.61 Å². The van der Waals surface area contributed by atoms with Crippen LogP contribution in [0.4, 0.5) is 0 Å². The monoisotopic (exact) mass is 350 g/mol. The van der Waals surface area contributed by atoms with Gasteiger partial charge in [-0.15, -0.1) is 0 Å². The van der Waals surface area contributed by atoms with Gasteiger partial charge >= 0.3 is 0 Å². The van der Waals surface area contributed by atoms with Crippen LogP contribution in [0.5, 0.6) is 0 Å². The zero-order chi connectivity index (χ0) is 13.2. The van der Waals surface area contributed by atoms with Crippen LogP contribution in [0.2, 0.25) is 0 Å². The molecule has 7 nitrogen and oxygen atoms in total. The summed E-state index contributed by atoms with van der Waals surface area (Å²) in [4.78, 5) is 12.6. The molecule has 2 aliphatic heterocycles. The summed E-state index contributed by atoms with van der Waals surface area (Å²) in [6.07, 6.45) is 3.80. The molecule has 103 valence electrons. The van der Waals surface area contributed by atoms with E-state index in [0.29, 0.717) is 17.0 Å². The second-order valence-electron chi connectivity index (χ2n) is 5.13. The van der Waals surface area contributed by atoms with E-state index in [-0.39, 0.29) is 57.8 Å². The topological polar surface area (TPSA) is 85.6 Å². The van der Waals surface area contributed by atoms with Gasteiger partial charge in [0, 0.05) is 44.1 Å². The second-order valence-corrected chi connectivity index (χ2v) is 5.13. The quantitative estimate of drug-likeness (QED) is 0.605. The van der Waals surface area contributed by atoms with Crippen LogP contribution in [-0.4, -0.2) is 49.0 Å². The van der Waals surface area contributed by atoms with Crippen molar-refractivity contribution in [3.8, 4) is 0 Å². The fourth-order valence-electron chi connectivity index (χ4n) is 2.69. The Kier molecular flexibility index (Phi) is 3.46. The normalized spacial score (nSPS) is 34.9. The van der Waals surface area contributed by atoms with Crippen molar-refractivity contribution in [2.45, 2.75) is 37.9 Å². The smallest absolute Gasteiger partial charge is 0.156 e. The first kappa shape index (κ1) is 14.5. The van der Waals surface area contributed by atoms with E-state index < -0.39 is 5.60 Å². The third-order valence-corrected chi connectivity index (χ3v) is 3.89. The summed E-state index contributed by atoms with van der Waals surface area (Å²) >= 11 is 0. The second kappa shape index (κ2) is 4.78. The first-order valence-electron chi connectivity index (χ1n) is 6.16. The predicted octanol–water partition coefficient (Wildman–Crippen LogP) is -0.0204. The Bertz CT molecular complexity index is 663. The maximum Gasteiger partial charge on any atom is 0.156 e. The molecule has 0 bridgehead atoms. The van der Waals surface area contributed by atoms with Gasteiger partial charge in [0.2, 0.25) is 0 Å². The van der Waals surface area contributed by atoms with Gasteiger partial charge in [-0.2, -0.15) is 0 Å². The minimum atomic E-state index is -0.401. The van der Waals surface area contributed by atoms with Crippen molar-refractivity contribution < 1.29 is 47.3 Å². The van der Waals surface area contributed by atoms with E-state index in [2.05, 4.69) is 21.1 Å². The molecular weight excluding hydrogens is 337 g/mol. The van der Waals surface area contributed by atoms with Crippen LogP contribution in [0.25, 0.3) is 11.2 Å². The summed E-state index contributed by atoms with van der Waals surface area (Å²) in [5.41, 5.74) is 0.875. The molecule has 2 aromatic heterocycles. The minimum Gasteiger partial charge on any atom is -0.394 e. The first-order valence-corrected chi connectivity index (χ1v) is 6.16. The third-order valence-electron chi connectivity index (χ3n) is 3.89. The molecule has 20 heavy (non-hydrogen) atoms. The number of epoxide rings is 1. The van der Waals surface area contributed by atoms with E-state index in [4.69, 9.17) is 9.47 Å². The largest absolute Gasteiger partial charge is 0.394 e. The molecule has 1 unspecified atom stereocenters. The average Bonchev–Trinajstić information content (AvgIpc) is 2.80. The SMILES string of the molecule is Cc1n[c-]c2ncn([C@@H]3O[C@H](CO)[C@]4(C)OC34)c2n1.[Y]. The molecule has 0 saturated carbocycles. The van der Waals surface area contributed by atoms with E-state index in [1.54, 1.807) is 13.3 Å². The van der Waals surface area contributed by atoms with E-state index in [1.165, 1.54) is 0 Å². The molecule has 0 spiro atoms. The average molecular weight is 350 g/mol. The van der Waals surface area contributed by atoms with Gasteiger partial charge in [-0.1, -0.05) is 6.92 Å². The Morgan fingerprint density at radius 3 is 3.05 bits per heavy atom. The summed E-state index contributed by atoms with van der Waals surface area (Å²) in [5, 5.41) is 9.34. The molecule has 1 radical (unpaired) electrons. The fourth-order valence-corrected chi connectivity index (χ4v) is 2.69. The maximum absolute atomic E-state index is 9.34. The Labute approximate surface area is 140 Å². The van der Waals surface area contributed by atoms with Gasteiger partial charge in [0.25, 0.3) is 0 Å². The molecule has 2 fully saturated rings. The molecule has 4 atom stereocenters. The van der Waals surface area contributed by atoms with Gasteiger partial charge in [-0.3, -0.25) is 4.98 Å². The van der Waals surface area contributed by atoms with Crippen LogP contribution in [0.15, 0.2) is 6.33 Å². The number of rotatable bonds is 2. The summed E-state index contributed by atoms with van der Waals surface area (Å²) in [6.45, 7) is 3.69. The van der Waals surface area contributed by atoms with E-state index in [1.807, 2.05) is 11.5 Å². The molecule has 4 heterocycles. The third kappa shape index (κ3) is 1.88. The molecule has 2 saturated heterocycles. The van der Waals surface area contributed by atoms with Crippen molar-refractivity contribution in [1.82, 2.24) is 19.5 Å². The summed E-state index contributed by atoms with van der Waals surface area (Å²) in [5.74, 6) is 0.630. The van der Waals surface area contributed by atoms with Crippen molar-refractivity contribution in [3.63, 3.8) is 0 Å². The van der Waals surface area contributed by atoms with Crippen LogP contribution >= 0.6 is 0 Å². The van der Waals surface area contributed by atoms with Crippen molar-refractivity contribution in [1.29, 1.82) is 0 Å². The zero-order valence-electron chi connectivity index (χ0n) is 11.1. The number of aliphatic hydroxyl groups excluding tert-OH is 1. The first-order chi connectivity index (χ1) is 9.13. The fraction of sp³-hybridized carbons (Fsp3) is 0.583. The number of aromatic nitrogens is 4. The Hall–Kier alpha value is -0.466. The number of ether oxygens (including phenoxy) is 2. The van der Waals surface area contributed by atoms with Crippen LogP contribution in [0.3, 0.4) is 0 Å². The molecule has 0 amide bonds. The van der Waals surface area contributed by atoms with Gasteiger partial charge < -0.3 is 29.1 Å². The summed E-state index contributed by atoms with van der Waals surface area (Å²) in [7, 11) is 0. The molecule has 0 aliphatic carbocycles. The summed E-state index contributed by atoms with van der Waals surface area (Å²) in [6, 6.07) is 0. The maximum atomic E-state index is 9.34. The number of hydrogen-bond donors (Lipinski definition) is 1. The van der Waals surface area contributed by atoms with Gasteiger partial charge in [0.15, 0.2) is 6.23 Å². The molecule has 1 N–H and O–H groups in total. The molecule has 2 aliphatic rings. The minimum absolute atomic E-state index is 0. The predicted molar refractivity (Wildman–Crippen MR) is 63.2 cm³/mol. The molecular formula is C12H13N4O3Y-. The molecule has 8 heteroatoms. The van der Waals surface area contributed by atoms with Crippen LogP contribution in [0.1, 0.15) is 19.0 Å². The number of hydrogen-bond acceptors (Lipinski definition) is 6. The molecule has 2 aromatic rings. The van der Waals surface area contributed by atoms with E-state index >= 15 is 0 Å². The molecule has 4 rings (SSSR count). The van der Waals surface area contributed by atoms with E-state index in [0.717, 1.165) is 0 Å².